The molecule has 2 amide bonds. The fourth-order valence-electron chi connectivity index (χ4n) is 3.43. The zero-order chi connectivity index (χ0) is 16.7. The fourth-order valence-corrected chi connectivity index (χ4v) is 3.43. The number of hydrogen-bond acceptors (Lipinski definition) is 3. The summed E-state index contributed by atoms with van der Waals surface area (Å²) >= 11 is 0. The first kappa shape index (κ1) is 18.0. The summed E-state index contributed by atoms with van der Waals surface area (Å²) in [4.78, 5) is 26.4. The minimum absolute atomic E-state index is 0.0177. The molecule has 0 bridgehead atoms. The van der Waals surface area contributed by atoms with Crippen molar-refractivity contribution in [3.63, 3.8) is 0 Å². The molecule has 0 saturated carbocycles. The van der Waals surface area contributed by atoms with Crippen LogP contribution in [0, 0.1) is 5.92 Å². The van der Waals surface area contributed by atoms with Gasteiger partial charge in [0.25, 0.3) is 0 Å². The summed E-state index contributed by atoms with van der Waals surface area (Å²) < 4.78 is 0. The first-order valence-electron chi connectivity index (χ1n) is 9.13. The van der Waals surface area contributed by atoms with E-state index in [4.69, 9.17) is 0 Å². The zero-order valence-corrected chi connectivity index (χ0v) is 14.6. The van der Waals surface area contributed by atoms with E-state index in [-0.39, 0.29) is 17.9 Å². The van der Waals surface area contributed by atoms with Crippen LogP contribution in [0.5, 0.6) is 0 Å². The molecule has 0 radical (unpaired) electrons. The summed E-state index contributed by atoms with van der Waals surface area (Å²) in [5, 5.41) is 6.28. The number of nitrogens with one attached hydrogen (secondary N) is 2. The van der Waals surface area contributed by atoms with E-state index in [1.165, 1.54) is 5.57 Å². The van der Waals surface area contributed by atoms with E-state index in [1.54, 1.807) is 0 Å². The van der Waals surface area contributed by atoms with Crippen LogP contribution in [0.2, 0.25) is 0 Å². The SMILES string of the molecule is CCC(=CC(=O)N1CCC[C@H](CNC(=O)[C@@H]2CCCN2)C1)CC. The quantitative estimate of drug-likeness (QED) is 0.734. The van der Waals surface area contributed by atoms with E-state index in [1.807, 2.05) is 11.0 Å². The van der Waals surface area contributed by atoms with Gasteiger partial charge in [-0.15, -0.1) is 0 Å². The van der Waals surface area contributed by atoms with Crippen molar-refractivity contribution in [2.45, 2.75) is 58.4 Å². The van der Waals surface area contributed by atoms with Gasteiger partial charge >= 0.3 is 0 Å². The second kappa shape index (κ2) is 9.06. The van der Waals surface area contributed by atoms with Crippen LogP contribution in [0.25, 0.3) is 0 Å². The van der Waals surface area contributed by atoms with Crippen LogP contribution in [0.4, 0.5) is 0 Å². The summed E-state index contributed by atoms with van der Waals surface area (Å²) in [5.41, 5.74) is 1.21. The molecule has 0 spiro atoms. The third kappa shape index (κ3) is 5.34. The molecule has 2 rings (SSSR count). The first-order chi connectivity index (χ1) is 11.1. The molecule has 0 aromatic heterocycles. The highest BCUT2D eigenvalue weighted by Gasteiger charge is 2.25. The number of piperidine rings is 1. The van der Waals surface area contributed by atoms with Gasteiger partial charge in [-0.3, -0.25) is 9.59 Å². The molecule has 5 nitrogen and oxygen atoms in total. The Hall–Kier alpha value is -1.36. The Kier molecular flexibility index (Phi) is 7.09. The van der Waals surface area contributed by atoms with Gasteiger partial charge < -0.3 is 15.5 Å². The van der Waals surface area contributed by atoms with Crippen molar-refractivity contribution in [1.29, 1.82) is 0 Å². The monoisotopic (exact) mass is 321 g/mol. The number of hydrogen-bond donors (Lipinski definition) is 2. The standard InChI is InChI=1S/C18H31N3O2/c1-3-14(4-2)11-17(22)21-10-6-7-15(13-21)12-20-18(23)16-8-5-9-19-16/h11,15-16,19H,3-10,12-13H2,1-2H3,(H,20,23)/t15-,16+/m1/s1. The molecule has 23 heavy (non-hydrogen) atoms. The second-order valence-electron chi connectivity index (χ2n) is 6.70. The Morgan fingerprint density at radius 1 is 1.22 bits per heavy atom. The largest absolute Gasteiger partial charge is 0.354 e. The Balaban J connectivity index is 1.79. The minimum atomic E-state index is -0.0177. The maximum atomic E-state index is 12.4. The van der Waals surface area contributed by atoms with Crippen molar-refractivity contribution in [3.8, 4) is 0 Å². The summed E-state index contributed by atoms with van der Waals surface area (Å²) in [7, 11) is 0. The van der Waals surface area contributed by atoms with Gasteiger partial charge in [0.2, 0.25) is 11.8 Å². The molecule has 2 aliphatic rings. The van der Waals surface area contributed by atoms with Crippen LogP contribution in [-0.4, -0.2) is 48.9 Å². The van der Waals surface area contributed by atoms with Crippen LogP contribution in [-0.2, 0) is 9.59 Å². The van der Waals surface area contributed by atoms with Crippen molar-refractivity contribution in [1.82, 2.24) is 15.5 Å². The summed E-state index contributed by atoms with van der Waals surface area (Å²) in [6.45, 7) is 7.40. The smallest absolute Gasteiger partial charge is 0.246 e. The van der Waals surface area contributed by atoms with Gasteiger partial charge in [0.15, 0.2) is 0 Å². The highest BCUT2D eigenvalue weighted by Crippen LogP contribution is 2.17. The Labute approximate surface area is 139 Å². The normalized spacial score (nSPS) is 24.3. The molecule has 130 valence electrons. The van der Waals surface area contributed by atoms with E-state index in [0.717, 1.165) is 58.2 Å². The average molecular weight is 321 g/mol. The number of rotatable bonds is 6. The van der Waals surface area contributed by atoms with E-state index >= 15 is 0 Å². The lowest BCUT2D eigenvalue weighted by Crippen LogP contribution is -2.46. The molecule has 0 aromatic carbocycles. The van der Waals surface area contributed by atoms with Crippen LogP contribution in [0.15, 0.2) is 11.6 Å². The fraction of sp³-hybridized carbons (Fsp3) is 0.778. The maximum Gasteiger partial charge on any atom is 0.246 e. The lowest BCUT2D eigenvalue weighted by atomic mass is 9.97. The zero-order valence-electron chi connectivity index (χ0n) is 14.6. The number of likely N-dealkylation sites (tertiary alicyclic amines) is 1. The predicted octanol–water partition coefficient (Wildman–Crippen LogP) is 1.84. The van der Waals surface area contributed by atoms with Crippen LogP contribution in [0.3, 0.4) is 0 Å². The van der Waals surface area contributed by atoms with Gasteiger partial charge in [0, 0.05) is 25.7 Å². The highest BCUT2D eigenvalue weighted by molar-refractivity contribution is 5.88. The molecular weight excluding hydrogens is 290 g/mol. The Bertz CT molecular complexity index is 436. The van der Waals surface area contributed by atoms with Gasteiger partial charge in [-0.05, 0) is 51.0 Å². The van der Waals surface area contributed by atoms with E-state index < -0.39 is 0 Å². The number of amides is 2. The molecular formula is C18H31N3O2. The number of allylic oxidation sites excluding steroid dienone is 1. The van der Waals surface area contributed by atoms with E-state index in [2.05, 4.69) is 24.5 Å². The van der Waals surface area contributed by atoms with Gasteiger partial charge in [0.05, 0.1) is 6.04 Å². The Morgan fingerprint density at radius 3 is 2.65 bits per heavy atom. The van der Waals surface area contributed by atoms with Crippen molar-refractivity contribution < 1.29 is 9.59 Å². The average Bonchev–Trinajstić information content (AvgIpc) is 3.12. The Morgan fingerprint density at radius 2 is 2.00 bits per heavy atom. The van der Waals surface area contributed by atoms with Gasteiger partial charge in [-0.25, -0.2) is 0 Å². The minimum Gasteiger partial charge on any atom is -0.354 e. The van der Waals surface area contributed by atoms with Crippen molar-refractivity contribution in [2.75, 3.05) is 26.2 Å². The lowest BCUT2D eigenvalue weighted by molar-refractivity contribution is -0.127. The molecule has 2 N–H and O–H groups in total. The van der Waals surface area contributed by atoms with E-state index in [9.17, 15) is 9.59 Å². The van der Waals surface area contributed by atoms with Crippen molar-refractivity contribution >= 4 is 11.8 Å². The van der Waals surface area contributed by atoms with Crippen molar-refractivity contribution in [3.05, 3.63) is 11.6 Å². The van der Waals surface area contributed by atoms with Crippen molar-refractivity contribution in [2.24, 2.45) is 5.92 Å². The molecule has 2 aliphatic heterocycles. The molecule has 2 fully saturated rings. The number of carbonyl (C=O) groups excluding carboxylic acids is 2. The summed E-state index contributed by atoms with van der Waals surface area (Å²) in [6, 6.07) is -0.0177. The molecule has 0 unspecified atom stereocenters. The summed E-state index contributed by atoms with van der Waals surface area (Å²) in [6.07, 6.45) is 7.79. The molecule has 2 heterocycles. The summed E-state index contributed by atoms with van der Waals surface area (Å²) in [5.74, 6) is 0.625. The number of nitrogens with zero attached hydrogens (tertiary/aromatic N) is 1. The van der Waals surface area contributed by atoms with Gasteiger partial charge in [-0.1, -0.05) is 19.4 Å². The topological polar surface area (TPSA) is 61.4 Å². The molecule has 2 saturated heterocycles. The molecule has 5 heteroatoms. The second-order valence-corrected chi connectivity index (χ2v) is 6.70. The molecule has 2 atom stereocenters. The lowest BCUT2D eigenvalue weighted by Gasteiger charge is -2.32. The number of carbonyl (C=O) groups is 2. The molecule has 0 aliphatic carbocycles. The third-order valence-electron chi connectivity index (χ3n) is 5.01. The van der Waals surface area contributed by atoms with Crippen LogP contribution < -0.4 is 10.6 Å². The maximum absolute atomic E-state index is 12.4. The highest BCUT2D eigenvalue weighted by atomic mass is 16.2. The van der Waals surface area contributed by atoms with Gasteiger partial charge in [0.1, 0.15) is 0 Å². The first-order valence-corrected chi connectivity index (χ1v) is 9.13. The molecule has 0 aromatic rings. The predicted molar refractivity (Wildman–Crippen MR) is 92.0 cm³/mol. The third-order valence-corrected chi connectivity index (χ3v) is 5.01. The van der Waals surface area contributed by atoms with E-state index in [0.29, 0.717) is 12.5 Å². The van der Waals surface area contributed by atoms with Crippen LogP contribution >= 0.6 is 0 Å². The van der Waals surface area contributed by atoms with Gasteiger partial charge in [-0.2, -0.15) is 0 Å². The van der Waals surface area contributed by atoms with Crippen LogP contribution in [0.1, 0.15) is 52.4 Å².